The average molecular weight is 653 g/mol. The van der Waals surface area contributed by atoms with Gasteiger partial charge in [0.15, 0.2) is 0 Å². The Kier molecular flexibility index (Phi) is 21.4. The third-order valence-corrected chi connectivity index (χ3v) is 9.25. The second kappa shape index (κ2) is 24.4. The van der Waals surface area contributed by atoms with Crippen molar-refractivity contribution in [2.75, 3.05) is 13.2 Å². The minimum atomic E-state index is -1.50. The lowest BCUT2D eigenvalue weighted by Crippen LogP contribution is -2.59. The highest BCUT2D eigenvalue weighted by Gasteiger charge is 2.43. The molecule has 1 aromatic carbocycles. The number of benzene rings is 1. The van der Waals surface area contributed by atoms with Crippen LogP contribution in [0.5, 0.6) is 0 Å². The highest BCUT2D eigenvalue weighted by atomic mass is 16.5. The van der Waals surface area contributed by atoms with Crippen LogP contribution in [0, 0.1) is 0 Å². The van der Waals surface area contributed by atoms with Crippen molar-refractivity contribution >= 4 is 6.03 Å². The molecule has 0 aliphatic carbocycles. The second-order valence-electron chi connectivity index (χ2n) is 13.1. The van der Waals surface area contributed by atoms with E-state index in [4.69, 9.17) is 4.74 Å². The number of hydrogen-bond acceptors (Lipinski definition) is 8. The van der Waals surface area contributed by atoms with Gasteiger partial charge in [0.1, 0.15) is 30.5 Å². The summed E-state index contributed by atoms with van der Waals surface area (Å²) in [6.45, 7) is 2.16. The number of carbonyl (C=O) groups excluding carboxylic acids is 1. The van der Waals surface area contributed by atoms with Crippen molar-refractivity contribution < 1.29 is 40.2 Å². The Morgan fingerprint density at radius 2 is 1.35 bits per heavy atom. The van der Waals surface area contributed by atoms with Crippen LogP contribution in [0.3, 0.4) is 0 Å². The lowest BCUT2D eigenvalue weighted by atomic mass is 9.90. The maximum Gasteiger partial charge on any atom is 0.315 e. The maximum absolute atomic E-state index is 12.8. The van der Waals surface area contributed by atoms with E-state index in [-0.39, 0.29) is 12.8 Å². The lowest BCUT2D eigenvalue weighted by molar-refractivity contribution is -0.231. The average Bonchev–Trinajstić information content (AvgIpc) is 3.06. The number of nitrogens with one attached hydrogen (secondary N) is 2. The van der Waals surface area contributed by atoms with Gasteiger partial charge in [-0.3, -0.25) is 0 Å². The fraction of sp³-hybridized carbons (Fsp3) is 0.806. The summed E-state index contributed by atoms with van der Waals surface area (Å²) in [6.07, 6.45) is 9.03. The normalized spacial score (nSPS) is 23.5. The van der Waals surface area contributed by atoms with E-state index in [9.17, 15) is 35.4 Å². The number of amides is 2. The summed E-state index contributed by atoms with van der Waals surface area (Å²) < 4.78 is 5.62. The Hall–Kier alpha value is -1.79. The van der Waals surface area contributed by atoms with Crippen molar-refractivity contribution in [2.24, 2.45) is 0 Å². The molecule has 1 saturated heterocycles. The van der Waals surface area contributed by atoms with E-state index in [1.165, 1.54) is 63.4 Å². The van der Waals surface area contributed by atoms with E-state index in [1.54, 1.807) is 0 Å². The molecule has 10 nitrogen and oxygen atoms in total. The fourth-order valence-electron chi connectivity index (χ4n) is 6.24. The molecule has 1 heterocycles. The molecule has 8 N–H and O–H groups in total. The standard InChI is InChI=1S/C36H64N2O8/c1-2-3-4-5-6-7-8-9-10-11-12-16-22-29(40)32(41)28(23-24-30-33(42)35(44)34(43)31(26-39)46-30)38-36(45)37-25-18-17-21-27-19-14-13-15-20-27/h13-15,19-20,28-35,39-44H,2-12,16-18,21-26H2,1H3,(H2,37,38,45)/t28-,29+,30+,31+,32-,33+,34-,35+/m0/s1. The minimum absolute atomic E-state index is 0.117. The molecule has 10 heteroatoms. The van der Waals surface area contributed by atoms with Crippen molar-refractivity contribution in [1.29, 1.82) is 0 Å². The first-order valence-corrected chi connectivity index (χ1v) is 18.0. The van der Waals surface area contributed by atoms with Crippen LogP contribution in [-0.4, -0.2) is 98.6 Å². The monoisotopic (exact) mass is 652 g/mol. The van der Waals surface area contributed by atoms with Gasteiger partial charge in [-0.2, -0.15) is 0 Å². The molecule has 1 fully saturated rings. The number of urea groups is 1. The summed E-state index contributed by atoms with van der Waals surface area (Å²) in [4.78, 5) is 12.8. The number of hydrogen-bond donors (Lipinski definition) is 8. The van der Waals surface area contributed by atoms with E-state index in [2.05, 4.69) is 29.7 Å². The molecule has 266 valence electrons. The van der Waals surface area contributed by atoms with Gasteiger partial charge in [-0.15, -0.1) is 0 Å². The molecule has 0 unspecified atom stereocenters. The molecule has 0 aromatic heterocycles. The molecule has 8 atom stereocenters. The molecule has 0 radical (unpaired) electrons. The van der Waals surface area contributed by atoms with Gasteiger partial charge in [-0.1, -0.05) is 114 Å². The van der Waals surface area contributed by atoms with E-state index in [1.807, 2.05) is 18.2 Å². The molecule has 0 bridgehead atoms. The quantitative estimate of drug-likeness (QED) is 0.0729. The first kappa shape index (κ1) is 40.4. The van der Waals surface area contributed by atoms with E-state index >= 15 is 0 Å². The van der Waals surface area contributed by atoms with Crippen molar-refractivity contribution in [3.8, 4) is 0 Å². The summed E-state index contributed by atoms with van der Waals surface area (Å²) in [5, 5.41) is 67.8. The zero-order chi connectivity index (χ0) is 33.6. The SMILES string of the molecule is CCCCCCCCCCCCCC[C@@H](O)[C@@H](O)[C@H](CC[C@H]1O[C@H](CO)[C@H](O)[C@H](O)[C@@H]1O)NC(=O)NCCCCc1ccccc1. The van der Waals surface area contributed by atoms with Gasteiger partial charge in [0, 0.05) is 6.54 Å². The van der Waals surface area contributed by atoms with Gasteiger partial charge in [0.2, 0.25) is 0 Å². The molecule has 0 saturated carbocycles. The van der Waals surface area contributed by atoms with Gasteiger partial charge in [0.25, 0.3) is 0 Å². The van der Waals surface area contributed by atoms with Gasteiger partial charge in [-0.25, -0.2) is 4.79 Å². The van der Waals surface area contributed by atoms with Crippen LogP contribution >= 0.6 is 0 Å². The Bertz CT molecular complexity index is 892. The summed E-state index contributed by atoms with van der Waals surface area (Å²) in [7, 11) is 0. The predicted octanol–water partition coefficient (Wildman–Crippen LogP) is 4.11. The molecular formula is C36H64N2O8. The van der Waals surface area contributed by atoms with Crippen LogP contribution in [0.2, 0.25) is 0 Å². The Balaban J connectivity index is 1.79. The Morgan fingerprint density at radius 1 is 0.761 bits per heavy atom. The number of aliphatic hydroxyl groups is 6. The van der Waals surface area contributed by atoms with Crippen molar-refractivity contribution in [2.45, 2.75) is 171 Å². The van der Waals surface area contributed by atoms with E-state index < -0.39 is 61.4 Å². The molecule has 0 spiro atoms. The Morgan fingerprint density at radius 3 is 1.96 bits per heavy atom. The van der Waals surface area contributed by atoms with Gasteiger partial charge < -0.3 is 46.0 Å². The van der Waals surface area contributed by atoms with Crippen LogP contribution in [0.4, 0.5) is 4.79 Å². The topological polar surface area (TPSA) is 172 Å². The van der Waals surface area contributed by atoms with E-state index in [0.717, 1.165) is 38.5 Å². The van der Waals surface area contributed by atoms with Crippen molar-refractivity contribution in [3.05, 3.63) is 35.9 Å². The number of aliphatic hydroxyl groups excluding tert-OH is 6. The third-order valence-electron chi connectivity index (χ3n) is 9.25. The molecular weight excluding hydrogens is 588 g/mol. The number of carbonyl (C=O) groups is 1. The lowest BCUT2D eigenvalue weighted by Gasteiger charge is -2.40. The molecule has 46 heavy (non-hydrogen) atoms. The highest BCUT2D eigenvalue weighted by Crippen LogP contribution is 2.25. The van der Waals surface area contributed by atoms with Gasteiger partial charge in [-0.05, 0) is 44.1 Å². The predicted molar refractivity (Wildman–Crippen MR) is 180 cm³/mol. The molecule has 1 aliphatic heterocycles. The minimum Gasteiger partial charge on any atom is -0.394 e. The molecule has 2 rings (SSSR count). The highest BCUT2D eigenvalue weighted by molar-refractivity contribution is 5.74. The summed E-state index contributed by atoms with van der Waals surface area (Å²) in [5.74, 6) is 0. The van der Waals surface area contributed by atoms with Crippen LogP contribution < -0.4 is 10.6 Å². The first-order chi connectivity index (χ1) is 22.3. The second-order valence-corrected chi connectivity index (χ2v) is 13.1. The fourth-order valence-corrected chi connectivity index (χ4v) is 6.24. The smallest absolute Gasteiger partial charge is 0.315 e. The van der Waals surface area contributed by atoms with Crippen LogP contribution in [0.25, 0.3) is 0 Å². The van der Waals surface area contributed by atoms with E-state index in [0.29, 0.717) is 13.0 Å². The van der Waals surface area contributed by atoms with Crippen LogP contribution in [0.1, 0.15) is 122 Å². The maximum atomic E-state index is 12.8. The number of ether oxygens (including phenoxy) is 1. The first-order valence-electron chi connectivity index (χ1n) is 18.0. The molecule has 1 aliphatic rings. The molecule has 1 aromatic rings. The number of aryl methyl sites for hydroxylation is 1. The largest absolute Gasteiger partial charge is 0.394 e. The van der Waals surface area contributed by atoms with Gasteiger partial charge in [0.05, 0.1) is 24.9 Å². The number of unbranched alkanes of at least 4 members (excludes halogenated alkanes) is 12. The third kappa shape index (κ3) is 15.9. The zero-order valence-electron chi connectivity index (χ0n) is 28.1. The van der Waals surface area contributed by atoms with Gasteiger partial charge >= 0.3 is 6.03 Å². The number of rotatable bonds is 25. The molecule has 2 amide bonds. The summed E-state index contributed by atoms with van der Waals surface area (Å²) in [5.41, 5.74) is 1.24. The Labute approximate surface area is 277 Å². The van der Waals surface area contributed by atoms with Crippen molar-refractivity contribution in [1.82, 2.24) is 10.6 Å². The summed E-state index contributed by atoms with van der Waals surface area (Å²) in [6, 6.07) is 8.83. The van der Waals surface area contributed by atoms with Crippen LogP contribution in [0.15, 0.2) is 30.3 Å². The summed E-state index contributed by atoms with van der Waals surface area (Å²) >= 11 is 0. The zero-order valence-corrected chi connectivity index (χ0v) is 28.1. The van der Waals surface area contributed by atoms with Crippen LogP contribution in [-0.2, 0) is 11.2 Å². The van der Waals surface area contributed by atoms with Crippen molar-refractivity contribution in [3.63, 3.8) is 0 Å².